The molecular formula is C23H21FN2O2S. The van der Waals surface area contributed by atoms with Crippen molar-refractivity contribution in [1.29, 1.82) is 0 Å². The number of amides is 2. The third-order valence-corrected chi connectivity index (χ3v) is 5.12. The fourth-order valence-corrected chi connectivity index (χ4v) is 3.53. The molecule has 1 heterocycles. The van der Waals surface area contributed by atoms with Crippen LogP contribution in [0.5, 0.6) is 0 Å². The second-order valence-corrected chi connectivity index (χ2v) is 7.38. The average Bonchev–Trinajstić information content (AvgIpc) is 3.26. The highest BCUT2D eigenvalue weighted by Crippen LogP contribution is 2.23. The van der Waals surface area contributed by atoms with Gasteiger partial charge in [0.1, 0.15) is 5.82 Å². The van der Waals surface area contributed by atoms with Crippen LogP contribution in [0.15, 0.2) is 78.7 Å². The molecule has 2 aromatic carbocycles. The lowest BCUT2D eigenvalue weighted by Crippen LogP contribution is -2.30. The van der Waals surface area contributed by atoms with Crippen LogP contribution in [-0.4, -0.2) is 18.4 Å². The van der Waals surface area contributed by atoms with Crippen molar-refractivity contribution in [1.82, 2.24) is 5.32 Å². The predicted molar refractivity (Wildman–Crippen MR) is 115 cm³/mol. The molecule has 0 radical (unpaired) electrons. The SMILES string of the molecule is C=CCNC(=O)Cc1ccc(N(Cc2cccc(F)c2)C(=O)c2cccs2)cc1. The van der Waals surface area contributed by atoms with Gasteiger partial charge in [0.25, 0.3) is 5.91 Å². The van der Waals surface area contributed by atoms with Crippen molar-refractivity contribution >= 4 is 28.8 Å². The van der Waals surface area contributed by atoms with Crippen LogP contribution in [0.3, 0.4) is 0 Å². The van der Waals surface area contributed by atoms with E-state index in [1.807, 2.05) is 23.6 Å². The van der Waals surface area contributed by atoms with Gasteiger partial charge >= 0.3 is 0 Å². The van der Waals surface area contributed by atoms with Gasteiger partial charge in [0.05, 0.1) is 17.8 Å². The van der Waals surface area contributed by atoms with E-state index in [-0.39, 0.29) is 30.6 Å². The summed E-state index contributed by atoms with van der Waals surface area (Å²) in [5.41, 5.74) is 2.22. The molecule has 0 bridgehead atoms. The summed E-state index contributed by atoms with van der Waals surface area (Å²) in [5.74, 6) is -0.587. The maximum atomic E-state index is 13.6. The maximum Gasteiger partial charge on any atom is 0.268 e. The minimum atomic E-state index is -0.341. The fraction of sp³-hybridized carbons (Fsp3) is 0.130. The van der Waals surface area contributed by atoms with Gasteiger partial charge in [0.15, 0.2) is 0 Å². The van der Waals surface area contributed by atoms with Crippen LogP contribution in [0.4, 0.5) is 10.1 Å². The highest BCUT2D eigenvalue weighted by atomic mass is 32.1. The molecule has 0 saturated carbocycles. The summed E-state index contributed by atoms with van der Waals surface area (Å²) < 4.78 is 13.6. The van der Waals surface area contributed by atoms with E-state index in [1.54, 1.807) is 41.3 Å². The Morgan fingerprint density at radius 3 is 2.52 bits per heavy atom. The van der Waals surface area contributed by atoms with Gasteiger partial charge in [-0.2, -0.15) is 0 Å². The number of hydrogen-bond acceptors (Lipinski definition) is 3. The molecule has 4 nitrogen and oxygen atoms in total. The first-order valence-electron chi connectivity index (χ1n) is 9.13. The van der Waals surface area contributed by atoms with Crippen molar-refractivity contribution in [2.45, 2.75) is 13.0 Å². The van der Waals surface area contributed by atoms with Gasteiger partial charge in [0.2, 0.25) is 5.91 Å². The smallest absolute Gasteiger partial charge is 0.268 e. The topological polar surface area (TPSA) is 49.4 Å². The number of nitrogens with one attached hydrogen (secondary N) is 1. The average molecular weight is 408 g/mol. The molecule has 0 aliphatic carbocycles. The summed E-state index contributed by atoms with van der Waals surface area (Å²) in [6, 6.07) is 17.1. The zero-order valence-corrected chi connectivity index (χ0v) is 16.6. The quantitative estimate of drug-likeness (QED) is 0.555. The Morgan fingerprint density at radius 1 is 1.07 bits per heavy atom. The van der Waals surface area contributed by atoms with Crippen LogP contribution in [0, 0.1) is 5.82 Å². The van der Waals surface area contributed by atoms with Crippen LogP contribution < -0.4 is 10.2 Å². The normalized spacial score (nSPS) is 10.4. The van der Waals surface area contributed by atoms with Gasteiger partial charge < -0.3 is 10.2 Å². The molecule has 1 N–H and O–H groups in total. The highest BCUT2D eigenvalue weighted by molar-refractivity contribution is 7.12. The van der Waals surface area contributed by atoms with Crippen LogP contribution in [0.25, 0.3) is 0 Å². The van der Waals surface area contributed by atoms with Gasteiger partial charge in [-0.05, 0) is 46.8 Å². The Bertz CT molecular complexity index is 984. The second-order valence-electron chi connectivity index (χ2n) is 6.43. The first-order chi connectivity index (χ1) is 14.1. The van der Waals surface area contributed by atoms with Crippen molar-refractivity contribution in [3.05, 3.63) is 101 Å². The first kappa shape index (κ1) is 20.5. The summed E-state index contributed by atoms with van der Waals surface area (Å²) in [7, 11) is 0. The molecule has 0 aliphatic rings. The maximum absolute atomic E-state index is 13.6. The Labute approximate surface area is 173 Å². The van der Waals surface area contributed by atoms with Gasteiger partial charge in [-0.25, -0.2) is 4.39 Å². The molecule has 0 fully saturated rings. The lowest BCUT2D eigenvalue weighted by Gasteiger charge is -2.23. The molecule has 148 valence electrons. The lowest BCUT2D eigenvalue weighted by atomic mass is 10.1. The molecule has 1 aromatic heterocycles. The number of anilines is 1. The second kappa shape index (κ2) is 9.80. The zero-order valence-electron chi connectivity index (χ0n) is 15.8. The van der Waals surface area contributed by atoms with E-state index < -0.39 is 0 Å². The molecule has 3 rings (SSSR count). The summed E-state index contributed by atoms with van der Waals surface area (Å²) in [5, 5.41) is 4.58. The third-order valence-electron chi connectivity index (χ3n) is 4.26. The Hall–Kier alpha value is -3.25. The Morgan fingerprint density at radius 2 is 1.86 bits per heavy atom. The van der Waals surface area contributed by atoms with Gasteiger partial charge in [-0.3, -0.25) is 9.59 Å². The van der Waals surface area contributed by atoms with Crippen molar-refractivity contribution in [3.63, 3.8) is 0 Å². The van der Waals surface area contributed by atoms with Crippen molar-refractivity contribution < 1.29 is 14.0 Å². The van der Waals surface area contributed by atoms with Gasteiger partial charge in [0, 0.05) is 12.2 Å². The van der Waals surface area contributed by atoms with Crippen LogP contribution in [-0.2, 0) is 17.8 Å². The fourth-order valence-electron chi connectivity index (χ4n) is 2.86. The van der Waals surface area contributed by atoms with E-state index >= 15 is 0 Å². The predicted octanol–water partition coefficient (Wildman–Crippen LogP) is 4.58. The Kier molecular flexibility index (Phi) is 6.92. The summed E-state index contributed by atoms with van der Waals surface area (Å²) in [6.07, 6.45) is 1.87. The molecule has 0 spiro atoms. The molecule has 29 heavy (non-hydrogen) atoms. The van der Waals surface area contributed by atoms with E-state index in [1.165, 1.54) is 23.5 Å². The van der Waals surface area contributed by atoms with E-state index in [2.05, 4.69) is 11.9 Å². The third kappa shape index (κ3) is 5.62. The number of benzene rings is 2. The highest BCUT2D eigenvalue weighted by Gasteiger charge is 2.19. The van der Waals surface area contributed by atoms with Crippen molar-refractivity contribution in [2.75, 3.05) is 11.4 Å². The number of carbonyl (C=O) groups is 2. The molecule has 0 atom stereocenters. The standard InChI is InChI=1S/C23H21FN2O2S/c1-2-12-25-22(27)15-17-8-10-20(11-9-17)26(23(28)21-7-4-13-29-21)16-18-5-3-6-19(24)14-18/h2-11,13-14H,1,12,15-16H2,(H,25,27). The molecule has 6 heteroatoms. The number of nitrogens with zero attached hydrogens (tertiary/aromatic N) is 1. The summed E-state index contributed by atoms with van der Waals surface area (Å²) >= 11 is 1.36. The van der Waals surface area contributed by atoms with Gasteiger partial charge in [-0.1, -0.05) is 36.4 Å². The summed E-state index contributed by atoms with van der Waals surface area (Å²) in [4.78, 5) is 27.1. The van der Waals surface area contributed by atoms with E-state index in [4.69, 9.17) is 0 Å². The largest absolute Gasteiger partial charge is 0.352 e. The number of halogens is 1. The van der Waals surface area contributed by atoms with Crippen LogP contribution in [0.2, 0.25) is 0 Å². The Balaban J connectivity index is 1.82. The monoisotopic (exact) mass is 408 g/mol. The lowest BCUT2D eigenvalue weighted by molar-refractivity contribution is -0.120. The van der Waals surface area contributed by atoms with Crippen LogP contribution >= 0.6 is 11.3 Å². The van der Waals surface area contributed by atoms with Crippen LogP contribution in [0.1, 0.15) is 20.8 Å². The molecule has 0 saturated heterocycles. The number of thiophene rings is 1. The number of hydrogen-bond donors (Lipinski definition) is 1. The number of carbonyl (C=O) groups excluding carboxylic acids is 2. The molecule has 0 aliphatic heterocycles. The zero-order chi connectivity index (χ0) is 20.6. The molecular weight excluding hydrogens is 387 g/mol. The van der Waals surface area contributed by atoms with Crippen molar-refractivity contribution in [2.24, 2.45) is 0 Å². The van der Waals surface area contributed by atoms with E-state index in [9.17, 15) is 14.0 Å². The molecule has 3 aromatic rings. The van der Waals surface area contributed by atoms with E-state index in [0.717, 1.165) is 5.56 Å². The van der Waals surface area contributed by atoms with Gasteiger partial charge in [-0.15, -0.1) is 17.9 Å². The first-order valence-corrected chi connectivity index (χ1v) is 10.0. The summed E-state index contributed by atoms with van der Waals surface area (Å²) in [6.45, 7) is 4.24. The van der Waals surface area contributed by atoms with E-state index in [0.29, 0.717) is 22.7 Å². The number of rotatable bonds is 8. The minimum Gasteiger partial charge on any atom is -0.352 e. The van der Waals surface area contributed by atoms with Crippen molar-refractivity contribution in [3.8, 4) is 0 Å². The minimum absolute atomic E-state index is 0.0936. The molecule has 2 amide bonds. The molecule has 0 unspecified atom stereocenters.